The molecule has 2 aromatic carbocycles. The van der Waals surface area contributed by atoms with Crippen LogP contribution in [0.2, 0.25) is 0 Å². The van der Waals surface area contributed by atoms with Crippen molar-refractivity contribution in [1.82, 2.24) is 4.90 Å². The minimum absolute atomic E-state index is 0.0702. The Hall–Kier alpha value is -2.98. The molecule has 3 fully saturated rings. The Morgan fingerprint density at radius 2 is 1.70 bits per heavy atom. The number of amides is 1. The SMILES string of the molecule is N#Cc1ccc(N2CCC3(CC2)OC2CCC(c4cc(F)cc(F)c4)N2C3=O)cc1. The zero-order chi connectivity index (χ0) is 20.9. The molecule has 0 N–H and O–H groups in total. The van der Waals surface area contributed by atoms with E-state index in [9.17, 15) is 13.6 Å². The molecule has 0 bridgehead atoms. The summed E-state index contributed by atoms with van der Waals surface area (Å²) in [4.78, 5) is 17.3. The molecule has 7 heteroatoms. The van der Waals surface area contributed by atoms with Gasteiger partial charge in [-0.3, -0.25) is 4.79 Å². The van der Waals surface area contributed by atoms with Crippen molar-refractivity contribution in [3.63, 3.8) is 0 Å². The third-order valence-electron chi connectivity index (χ3n) is 6.52. The summed E-state index contributed by atoms with van der Waals surface area (Å²) in [5.41, 5.74) is 1.25. The summed E-state index contributed by atoms with van der Waals surface area (Å²) in [5, 5.41) is 8.96. The van der Waals surface area contributed by atoms with Gasteiger partial charge in [-0.2, -0.15) is 5.26 Å². The van der Waals surface area contributed by atoms with E-state index in [2.05, 4.69) is 11.0 Å². The molecule has 3 aliphatic rings. The van der Waals surface area contributed by atoms with Crippen molar-refractivity contribution in [3.05, 3.63) is 65.2 Å². The van der Waals surface area contributed by atoms with Gasteiger partial charge in [-0.1, -0.05) is 0 Å². The van der Waals surface area contributed by atoms with Crippen LogP contribution in [0.25, 0.3) is 0 Å². The zero-order valence-corrected chi connectivity index (χ0v) is 16.4. The molecule has 0 radical (unpaired) electrons. The van der Waals surface area contributed by atoms with Crippen molar-refractivity contribution in [2.45, 2.75) is 43.6 Å². The van der Waals surface area contributed by atoms with Gasteiger partial charge in [0.1, 0.15) is 17.9 Å². The van der Waals surface area contributed by atoms with Crippen LogP contribution in [0.5, 0.6) is 0 Å². The minimum atomic E-state index is -0.863. The molecule has 0 aromatic heterocycles. The molecule has 3 heterocycles. The predicted octanol–water partition coefficient (Wildman–Crippen LogP) is 3.90. The normalized spacial score (nSPS) is 24.9. The molecular formula is C23H21F2N3O2. The number of carbonyl (C=O) groups excluding carboxylic acids is 1. The maximum atomic E-state index is 13.7. The average Bonchev–Trinajstić information content (AvgIpc) is 3.26. The third-order valence-corrected chi connectivity index (χ3v) is 6.52. The fraction of sp³-hybridized carbons (Fsp3) is 0.391. The largest absolute Gasteiger partial charge is 0.371 e. The number of halogens is 2. The van der Waals surface area contributed by atoms with Crippen molar-refractivity contribution in [1.29, 1.82) is 5.26 Å². The second-order valence-electron chi connectivity index (χ2n) is 8.22. The molecular weight excluding hydrogens is 388 g/mol. The van der Waals surface area contributed by atoms with Crippen molar-refractivity contribution >= 4 is 11.6 Å². The highest BCUT2D eigenvalue weighted by atomic mass is 19.1. The van der Waals surface area contributed by atoms with E-state index in [0.29, 0.717) is 49.9 Å². The quantitative estimate of drug-likeness (QED) is 0.755. The lowest BCUT2D eigenvalue weighted by atomic mass is 9.89. The highest BCUT2D eigenvalue weighted by Crippen LogP contribution is 2.48. The van der Waals surface area contributed by atoms with Crippen LogP contribution in [0.3, 0.4) is 0 Å². The molecule has 5 rings (SSSR count). The number of rotatable bonds is 2. The second-order valence-corrected chi connectivity index (χ2v) is 8.22. The highest BCUT2D eigenvalue weighted by Gasteiger charge is 2.58. The predicted molar refractivity (Wildman–Crippen MR) is 105 cm³/mol. The van der Waals surface area contributed by atoms with Gasteiger partial charge in [0.15, 0.2) is 5.60 Å². The van der Waals surface area contributed by atoms with E-state index in [1.54, 1.807) is 17.0 Å². The molecule has 0 aliphatic carbocycles. The standard InChI is InChI=1S/C23H21F2N3O2/c24-17-11-16(12-18(25)13-17)20-5-6-21-28(20)22(29)23(30-21)7-9-27(10-8-23)19-3-1-15(14-26)2-4-19/h1-4,11-13,20-21H,5-10H2. The zero-order valence-electron chi connectivity index (χ0n) is 16.4. The summed E-state index contributed by atoms with van der Waals surface area (Å²) in [7, 11) is 0. The van der Waals surface area contributed by atoms with Gasteiger partial charge in [0.05, 0.1) is 17.7 Å². The van der Waals surface area contributed by atoms with Crippen LogP contribution in [0.1, 0.15) is 42.9 Å². The van der Waals surface area contributed by atoms with Crippen LogP contribution >= 0.6 is 0 Å². The molecule has 3 aliphatic heterocycles. The van der Waals surface area contributed by atoms with Gasteiger partial charge in [-0.15, -0.1) is 0 Å². The van der Waals surface area contributed by atoms with Crippen LogP contribution < -0.4 is 4.90 Å². The third kappa shape index (κ3) is 3.03. The molecule has 0 saturated carbocycles. The lowest BCUT2D eigenvalue weighted by Gasteiger charge is -2.38. The number of benzene rings is 2. The number of fused-ring (bicyclic) bond motifs is 1. The molecule has 2 atom stereocenters. The van der Waals surface area contributed by atoms with Crippen LogP contribution in [0.15, 0.2) is 42.5 Å². The number of carbonyl (C=O) groups is 1. The number of nitrogens with zero attached hydrogens (tertiary/aromatic N) is 3. The first-order chi connectivity index (χ1) is 14.5. The van der Waals surface area contributed by atoms with Crippen LogP contribution in [-0.4, -0.2) is 35.7 Å². The van der Waals surface area contributed by atoms with Gasteiger partial charge < -0.3 is 14.5 Å². The van der Waals surface area contributed by atoms with E-state index >= 15 is 0 Å². The summed E-state index contributed by atoms with van der Waals surface area (Å²) in [6.07, 6.45) is 2.07. The van der Waals surface area contributed by atoms with E-state index in [1.165, 1.54) is 12.1 Å². The van der Waals surface area contributed by atoms with Crippen LogP contribution in [-0.2, 0) is 9.53 Å². The Morgan fingerprint density at radius 1 is 1.03 bits per heavy atom. The first-order valence-corrected chi connectivity index (χ1v) is 10.2. The smallest absolute Gasteiger partial charge is 0.257 e. The molecule has 154 valence electrons. The number of nitriles is 1. The second kappa shape index (κ2) is 7.06. The number of hydrogen-bond acceptors (Lipinski definition) is 4. The maximum Gasteiger partial charge on any atom is 0.257 e. The fourth-order valence-electron chi connectivity index (χ4n) is 5.01. The Morgan fingerprint density at radius 3 is 2.33 bits per heavy atom. The summed E-state index contributed by atoms with van der Waals surface area (Å²) < 4.78 is 33.7. The average molecular weight is 409 g/mol. The maximum absolute atomic E-state index is 13.7. The fourth-order valence-corrected chi connectivity index (χ4v) is 5.01. The van der Waals surface area contributed by atoms with Gasteiger partial charge in [-0.05, 0) is 54.8 Å². The number of ether oxygens (including phenoxy) is 1. The van der Waals surface area contributed by atoms with Gasteiger partial charge in [0.25, 0.3) is 5.91 Å². The van der Waals surface area contributed by atoms with Crippen molar-refractivity contribution in [2.75, 3.05) is 18.0 Å². The topological polar surface area (TPSA) is 56.6 Å². The van der Waals surface area contributed by atoms with E-state index in [-0.39, 0.29) is 18.2 Å². The number of anilines is 1. The summed E-state index contributed by atoms with van der Waals surface area (Å²) in [6, 6.07) is 12.6. The van der Waals surface area contributed by atoms with E-state index in [0.717, 1.165) is 11.8 Å². The molecule has 2 aromatic rings. The molecule has 3 saturated heterocycles. The van der Waals surface area contributed by atoms with Gasteiger partial charge >= 0.3 is 0 Å². The lowest BCUT2D eigenvalue weighted by Crippen LogP contribution is -2.50. The number of piperidine rings is 1. The Labute approximate surface area is 173 Å². The molecule has 5 nitrogen and oxygen atoms in total. The van der Waals surface area contributed by atoms with E-state index in [1.807, 2.05) is 12.1 Å². The Bertz CT molecular complexity index is 1010. The molecule has 1 amide bonds. The van der Waals surface area contributed by atoms with E-state index in [4.69, 9.17) is 10.00 Å². The Kier molecular flexibility index (Phi) is 4.48. The van der Waals surface area contributed by atoms with Gasteiger partial charge in [-0.25, -0.2) is 8.78 Å². The number of hydrogen-bond donors (Lipinski definition) is 0. The van der Waals surface area contributed by atoms with Crippen molar-refractivity contribution in [2.24, 2.45) is 0 Å². The van der Waals surface area contributed by atoms with Crippen LogP contribution in [0.4, 0.5) is 14.5 Å². The van der Waals surface area contributed by atoms with Gasteiger partial charge in [0, 0.05) is 37.7 Å². The molecule has 2 unspecified atom stereocenters. The summed E-state index contributed by atoms with van der Waals surface area (Å²) >= 11 is 0. The van der Waals surface area contributed by atoms with Crippen molar-refractivity contribution in [3.8, 4) is 6.07 Å². The summed E-state index contributed by atoms with van der Waals surface area (Å²) in [5.74, 6) is -1.34. The molecule has 1 spiro atoms. The minimum Gasteiger partial charge on any atom is -0.371 e. The van der Waals surface area contributed by atoms with Crippen molar-refractivity contribution < 1.29 is 18.3 Å². The van der Waals surface area contributed by atoms with Crippen LogP contribution in [0, 0.1) is 23.0 Å². The van der Waals surface area contributed by atoms with E-state index < -0.39 is 17.2 Å². The molecule has 30 heavy (non-hydrogen) atoms. The first-order valence-electron chi connectivity index (χ1n) is 10.2. The monoisotopic (exact) mass is 409 g/mol. The summed E-state index contributed by atoms with van der Waals surface area (Å²) in [6.45, 7) is 1.33. The first kappa shape index (κ1) is 19.0. The lowest BCUT2D eigenvalue weighted by molar-refractivity contribution is -0.140. The Balaban J connectivity index is 1.33. The highest BCUT2D eigenvalue weighted by molar-refractivity contribution is 5.88. The van der Waals surface area contributed by atoms with Gasteiger partial charge in [0.2, 0.25) is 0 Å².